The number of furan rings is 1. The Morgan fingerprint density at radius 1 is 1.12 bits per heavy atom. The molecule has 2 atom stereocenters. The lowest BCUT2D eigenvalue weighted by Gasteiger charge is -2.30. The molecule has 0 aliphatic carbocycles. The van der Waals surface area contributed by atoms with Crippen LogP contribution in [0.2, 0.25) is 25.7 Å². The molecule has 4 rings (SSSR count). The smallest absolute Gasteiger partial charge is 0.246 e. The number of anilines is 1. The lowest BCUT2D eigenvalue weighted by molar-refractivity contribution is 0.171. The number of nitrogens with zero attached hydrogens (tertiary/aromatic N) is 5. The number of aromatic nitrogens is 4. The molecule has 0 fully saturated rings. The quantitative estimate of drug-likeness (QED) is 0.224. The van der Waals surface area contributed by atoms with Gasteiger partial charge in [-0.25, -0.2) is 17.7 Å². The molecule has 3 heterocycles. The van der Waals surface area contributed by atoms with Crippen LogP contribution >= 0.6 is 11.3 Å². The van der Waals surface area contributed by atoms with Crippen molar-refractivity contribution in [3.05, 3.63) is 52.7 Å². The maximum absolute atomic E-state index is 14.3. The molecule has 14 heteroatoms. The lowest BCUT2D eigenvalue weighted by Crippen LogP contribution is -2.44. The van der Waals surface area contributed by atoms with Crippen molar-refractivity contribution in [2.75, 3.05) is 25.1 Å². The number of methoxy groups -OCH3 is 2. The van der Waals surface area contributed by atoms with Crippen LogP contribution in [0.5, 0.6) is 11.5 Å². The van der Waals surface area contributed by atoms with Crippen molar-refractivity contribution >= 4 is 35.4 Å². The number of sulfonamides is 1. The van der Waals surface area contributed by atoms with Crippen molar-refractivity contribution in [1.29, 1.82) is 0 Å². The Morgan fingerprint density at radius 3 is 2.33 bits per heavy atom. The molecule has 4 aromatic rings. The van der Waals surface area contributed by atoms with E-state index < -0.39 is 29.5 Å². The summed E-state index contributed by atoms with van der Waals surface area (Å²) in [5.74, 6) is 2.18. The SMILES string of the molecule is COc1cccc(OC)c1-n1c(-c2ccc(C)o2)nnc1N(CC[Si](C)(C)C)S(=O)(=O)[C@H](C)[C@H](O)c1cscn1. The standard InChI is InChI=1S/C26H35N5O6S2Si/c1-17-11-12-22(37-17)25-28-29-26(31(25)23-20(35-3)9-8-10-21(23)36-4)30(13-14-40(5,6)7)39(33,34)18(2)24(32)19-15-38-16-27-19/h8-12,15-16,18,24,32H,13-14H2,1-7H3/t18-,24+/m1/s1. The molecule has 0 spiro atoms. The maximum Gasteiger partial charge on any atom is 0.246 e. The molecular weight excluding hydrogens is 571 g/mol. The summed E-state index contributed by atoms with van der Waals surface area (Å²) in [6.07, 6.45) is -1.34. The minimum absolute atomic E-state index is 0.0300. The van der Waals surface area contributed by atoms with Gasteiger partial charge in [-0.05, 0) is 44.2 Å². The number of aliphatic hydroxyl groups excluding tert-OH is 1. The third kappa shape index (κ3) is 5.94. The molecule has 1 N–H and O–H groups in total. The minimum Gasteiger partial charge on any atom is -0.494 e. The van der Waals surface area contributed by atoms with Crippen LogP contribution in [0.15, 0.2) is 45.6 Å². The van der Waals surface area contributed by atoms with E-state index >= 15 is 0 Å². The third-order valence-electron chi connectivity index (χ3n) is 6.50. The Kier molecular flexibility index (Phi) is 8.73. The van der Waals surface area contributed by atoms with Crippen molar-refractivity contribution in [2.45, 2.75) is 50.9 Å². The average molecular weight is 606 g/mol. The zero-order chi connectivity index (χ0) is 29.2. The lowest BCUT2D eigenvalue weighted by atomic mass is 10.2. The Bertz CT molecular complexity index is 1520. The molecule has 1 aromatic carbocycles. The van der Waals surface area contributed by atoms with E-state index in [1.165, 1.54) is 36.8 Å². The van der Waals surface area contributed by atoms with Gasteiger partial charge in [0.2, 0.25) is 21.8 Å². The second-order valence-electron chi connectivity index (χ2n) is 10.6. The van der Waals surface area contributed by atoms with E-state index in [1.54, 1.807) is 52.7 Å². The number of aryl methyl sites for hydroxylation is 1. The maximum atomic E-state index is 14.3. The Morgan fingerprint density at radius 2 is 1.80 bits per heavy atom. The zero-order valence-electron chi connectivity index (χ0n) is 23.7. The van der Waals surface area contributed by atoms with Gasteiger partial charge in [0.15, 0.2) is 5.76 Å². The van der Waals surface area contributed by atoms with Crippen molar-refractivity contribution in [3.63, 3.8) is 0 Å². The summed E-state index contributed by atoms with van der Waals surface area (Å²) in [5, 5.41) is 20.2. The molecular formula is C26H35N5O6S2Si. The van der Waals surface area contributed by atoms with E-state index in [2.05, 4.69) is 34.8 Å². The second-order valence-corrected chi connectivity index (χ2v) is 19.1. The number of ether oxygens (including phenoxy) is 2. The van der Waals surface area contributed by atoms with Gasteiger partial charge < -0.3 is 19.0 Å². The fourth-order valence-electron chi connectivity index (χ4n) is 4.16. The van der Waals surface area contributed by atoms with E-state index in [-0.39, 0.29) is 18.3 Å². The number of benzene rings is 1. The summed E-state index contributed by atoms with van der Waals surface area (Å²) >= 11 is 1.29. The summed E-state index contributed by atoms with van der Waals surface area (Å²) in [4.78, 5) is 4.14. The molecule has 11 nitrogen and oxygen atoms in total. The van der Waals surface area contributed by atoms with Gasteiger partial charge in [0.1, 0.15) is 34.3 Å². The minimum atomic E-state index is -4.20. The predicted molar refractivity (Wildman–Crippen MR) is 158 cm³/mol. The van der Waals surface area contributed by atoms with Gasteiger partial charge in [-0.15, -0.1) is 21.5 Å². The van der Waals surface area contributed by atoms with Crippen LogP contribution in [-0.4, -0.2) is 67.4 Å². The summed E-state index contributed by atoms with van der Waals surface area (Å²) in [6, 6.07) is 9.43. The normalized spacial score (nSPS) is 13.7. The largest absolute Gasteiger partial charge is 0.494 e. The van der Waals surface area contributed by atoms with E-state index in [9.17, 15) is 13.5 Å². The van der Waals surface area contributed by atoms with Crippen LogP contribution in [0.3, 0.4) is 0 Å². The highest BCUT2D eigenvalue weighted by atomic mass is 32.2. The highest BCUT2D eigenvalue weighted by molar-refractivity contribution is 7.93. The zero-order valence-corrected chi connectivity index (χ0v) is 26.3. The Balaban J connectivity index is 1.98. The number of hydrogen-bond acceptors (Lipinski definition) is 10. The molecule has 216 valence electrons. The molecule has 0 amide bonds. The van der Waals surface area contributed by atoms with E-state index in [0.717, 1.165) is 0 Å². The molecule has 0 saturated carbocycles. The number of rotatable bonds is 12. The molecule has 0 aliphatic heterocycles. The number of hydrogen-bond donors (Lipinski definition) is 1. The van der Waals surface area contributed by atoms with Gasteiger partial charge in [0.25, 0.3) is 0 Å². The topological polar surface area (TPSA) is 133 Å². The summed E-state index contributed by atoms with van der Waals surface area (Å²) in [6.45, 7) is 9.91. The second kappa shape index (κ2) is 11.7. The Labute approximate surface area is 239 Å². The van der Waals surface area contributed by atoms with E-state index in [0.29, 0.717) is 40.4 Å². The summed E-state index contributed by atoms with van der Waals surface area (Å²) < 4.78 is 48.7. The van der Waals surface area contributed by atoms with Crippen LogP contribution in [-0.2, 0) is 10.0 Å². The molecule has 3 aromatic heterocycles. The molecule has 0 unspecified atom stereocenters. The molecule has 0 radical (unpaired) electrons. The Hall–Kier alpha value is -3.20. The monoisotopic (exact) mass is 605 g/mol. The average Bonchev–Trinajstić information content (AvgIpc) is 3.68. The highest BCUT2D eigenvalue weighted by Crippen LogP contribution is 2.40. The summed E-state index contributed by atoms with van der Waals surface area (Å²) in [5.41, 5.74) is 2.27. The first kappa shape index (κ1) is 29.8. The molecule has 0 bridgehead atoms. The molecule has 40 heavy (non-hydrogen) atoms. The third-order valence-corrected chi connectivity index (χ3v) is 11.0. The van der Waals surface area contributed by atoms with Gasteiger partial charge in [0, 0.05) is 20.0 Å². The summed E-state index contributed by atoms with van der Waals surface area (Å²) in [7, 11) is -2.90. The van der Waals surface area contributed by atoms with Gasteiger partial charge in [-0.3, -0.25) is 4.57 Å². The fourth-order valence-corrected chi connectivity index (χ4v) is 7.36. The molecule has 0 aliphatic rings. The van der Waals surface area contributed by atoms with Gasteiger partial charge in [-0.1, -0.05) is 25.7 Å². The van der Waals surface area contributed by atoms with E-state index in [4.69, 9.17) is 13.9 Å². The van der Waals surface area contributed by atoms with Crippen LogP contribution in [0.4, 0.5) is 5.95 Å². The first-order valence-electron chi connectivity index (χ1n) is 12.7. The van der Waals surface area contributed by atoms with Crippen molar-refractivity contribution < 1.29 is 27.4 Å². The molecule has 0 saturated heterocycles. The van der Waals surface area contributed by atoms with Crippen LogP contribution < -0.4 is 13.8 Å². The number of aliphatic hydroxyl groups is 1. The first-order chi connectivity index (χ1) is 18.9. The van der Waals surface area contributed by atoms with Gasteiger partial charge >= 0.3 is 0 Å². The fraction of sp³-hybridized carbons (Fsp3) is 0.423. The number of thiazole rings is 1. The van der Waals surface area contributed by atoms with Crippen molar-refractivity contribution in [2.24, 2.45) is 0 Å². The van der Waals surface area contributed by atoms with E-state index in [1.807, 2.05) is 0 Å². The number of para-hydroxylation sites is 1. The van der Waals surface area contributed by atoms with Crippen molar-refractivity contribution in [1.82, 2.24) is 19.7 Å². The van der Waals surface area contributed by atoms with Crippen LogP contribution in [0.25, 0.3) is 17.3 Å². The van der Waals surface area contributed by atoms with Gasteiger partial charge in [-0.2, -0.15) is 0 Å². The first-order valence-corrected chi connectivity index (χ1v) is 18.9. The van der Waals surface area contributed by atoms with Crippen molar-refractivity contribution in [3.8, 4) is 28.8 Å². The van der Waals surface area contributed by atoms with Crippen LogP contribution in [0, 0.1) is 6.92 Å². The van der Waals surface area contributed by atoms with Crippen LogP contribution in [0.1, 0.15) is 24.5 Å². The van der Waals surface area contributed by atoms with Gasteiger partial charge in [0.05, 0.1) is 25.4 Å². The highest BCUT2D eigenvalue weighted by Gasteiger charge is 2.40. The predicted octanol–water partition coefficient (Wildman–Crippen LogP) is 4.91.